The summed E-state index contributed by atoms with van der Waals surface area (Å²) in [6.07, 6.45) is -9.19. The second-order valence-corrected chi connectivity index (χ2v) is 3.17. The molecule has 0 aliphatic heterocycles. The maximum absolute atomic E-state index is 12.6. The van der Waals surface area contributed by atoms with Crippen LogP contribution >= 0.6 is 0 Å². The Kier molecular flexibility index (Phi) is 3.82. The van der Waals surface area contributed by atoms with Crippen LogP contribution in [0.5, 0.6) is 0 Å². The van der Waals surface area contributed by atoms with Gasteiger partial charge in [-0.2, -0.15) is 23.7 Å². The average Bonchev–Trinajstić information content (AvgIpc) is 2.26. The molecule has 0 unspecified atom stereocenters. The maximum atomic E-state index is 12.6. The Morgan fingerprint density at radius 2 is 1.89 bits per heavy atom. The van der Waals surface area contributed by atoms with Crippen molar-refractivity contribution in [3.63, 3.8) is 0 Å². The van der Waals surface area contributed by atoms with Gasteiger partial charge in [-0.1, -0.05) is 0 Å². The van der Waals surface area contributed by atoms with Crippen molar-refractivity contribution in [3.05, 3.63) is 28.6 Å². The highest BCUT2D eigenvalue weighted by Gasteiger charge is 2.39. The number of hydrogen-bond acceptors (Lipinski definition) is 3. The number of nitrogens with zero attached hydrogens (tertiary/aromatic N) is 3. The van der Waals surface area contributed by atoms with E-state index >= 15 is 0 Å². The standard InChI is InChI=1S/C10H4F5N3/c11-9(12)7-5(1-2-16)3-6(4-17)18-8(7)10(13,14)15/h3,9H,1H2. The number of pyridine rings is 1. The van der Waals surface area contributed by atoms with E-state index in [2.05, 4.69) is 4.98 Å². The van der Waals surface area contributed by atoms with Crippen LogP contribution in [0.2, 0.25) is 0 Å². The minimum Gasteiger partial charge on any atom is -0.232 e. The molecule has 0 fully saturated rings. The van der Waals surface area contributed by atoms with Gasteiger partial charge in [0.2, 0.25) is 0 Å². The first kappa shape index (κ1) is 13.8. The van der Waals surface area contributed by atoms with Gasteiger partial charge < -0.3 is 0 Å². The van der Waals surface area contributed by atoms with Gasteiger partial charge in [-0.05, 0) is 11.6 Å². The van der Waals surface area contributed by atoms with Crippen LogP contribution in [-0.2, 0) is 12.6 Å². The fourth-order valence-electron chi connectivity index (χ4n) is 1.36. The van der Waals surface area contributed by atoms with E-state index in [-0.39, 0.29) is 0 Å². The minimum absolute atomic E-state index is 0.536. The molecule has 0 aliphatic carbocycles. The number of aromatic nitrogens is 1. The van der Waals surface area contributed by atoms with Gasteiger partial charge in [-0.3, -0.25) is 0 Å². The molecule has 0 spiro atoms. The molecule has 1 rings (SSSR count). The van der Waals surface area contributed by atoms with E-state index in [1.54, 1.807) is 0 Å². The molecule has 0 N–H and O–H groups in total. The summed E-state index contributed by atoms with van der Waals surface area (Å²) in [5.74, 6) is 0. The second-order valence-electron chi connectivity index (χ2n) is 3.17. The molecule has 0 saturated heterocycles. The summed E-state index contributed by atoms with van der Waals surface area (Å²) in [6.45, 7) is 0. The van der Waals surface area contributed by atoms with Crippen molar-refractivity contribution in [2.45, 2.75) is 19.0 Å². The summed E-state index contributed by atoms with van der Waals surface area (Å²) in [4.78, 5) is 2.85. The Hall–Kier alpha value is -2.22. The third kappa shape index (κ3) is 2.72. The van der Waals surface area contributed by atoms with Gasteiger partial charge in [0.25, 0.3) is 6.43 Å². The molecule has 8 heteroatoms. The summed E-state index contributed by atoms with van der Waals surface area (Å²) in [7, 11) is 0. The predicted octanol–water partition coefficient (Wildman–Crippen LogP) is 2.98. The fraction of sp³-hybridized carbons (Fsp3) is 0.300. The number of nitriles is 2. The molecule has 0 radical (unpaired) electrons. The maximum Gasteiger partial charge on any atom is 0.433 e. The molecule has 0 atom stereocenters. The van der Waals surface area contributed by atoms with Crippen LogP contribution in [0.15, 0.2) is 6.07 Å². The van der Waals surface area contributed by atoms with E-state index in [1.165, 1.54) is 12.1 Å². The smallest absolute Gasteiger partial charge is 0.232 e. The largest absolute Gasteiger partial charge is 0.433 e. The Morgan fingerprint density at radius 3 is 2.28 bits per heavy atom. The molecule has 18 heavy (non-hydrogen) atoms. The Labute approximate surface area is 98.1 Å². The zero-order chi connectivity index (χ0) is 13.9. The Morgan fingerprint density at radius 1 is 1.28 bits per heavy atom. The van der Waals surface area contributed by atoms with Crippen LogP contribution in [-0.4, -0.2) is 4.98 Å². The third-order valence-electron chi connectivity index (χ3n) is 2.02. The van der Waals surface area contributed by atoms with E-state index in [0.29, 0.717) is 0 Å². The van der Waals surface area contributed by atoms with E-state index in [4.69, 9.17) is 10.5 Å². The van der Waals surface area contributed by atoms with Crippen LogP contribution in [0.4, 0.5) is 22.0 Å². The second kappa shape index (κ2) is 4.96. The molecule has 0 saturated carbocycles. The Bertz CT molecular complexity index is 536. The summed E-state index contributed by atoms with van der Waals surface area (Å²) in [5, 5.41) is 16.9. The summed E-state index contributed by atoms with van der Waals surface area (Å²) in [5.41, 5.74) is -4.35. The lowest BCUT2D eigenvalue weighted by Gasteiger charge is -2.14. The molecule has 0 amide bonds. The van der Waals surface area contributed by atoms with Crippen LogP contribution in [0.1, 0.15) is 28.9 Å². The van der Waals surface area contributed by atoms with Gasteiger partial charge in [0.1, 0.15) is 11.8 Å². The lowest BCUT2D eigenvalue weighted by atomic mass is 10.0. The van der Waals surface area contributed by atoms with Crippen molar-refractivity contribution >= 4 is 0 Å². The van der Waals surface area contributed by atoms with Gasteiger partial charge in [0.15, 0.2) is 5.69 Å². The quantitative estimate of drug-likeness (QED) is 0.769. The topological polar surface area (TPSA) is 60.5 Å². The molecule has 0 aromatic carbocycles. The van der Waals surface area contributed by atoms with Crippen LogP contribution in [0.25, 0.3) is 0 Å². The van der Waals surface area contributed by atoms with E-state index in [1.807, 2.05) is 0 Å². The minimum atomic E-state index is -5.11. The van der Waals surface area contributed by atoms with Gasteiger partial charge in [0, 0.05) is 0 Å². The Balaban J connectivity index is 3.62. The molecule has 1 aromatic heterocycles. The zero-order valence-corrected chi connectivity index (χ0v) is 8.59. The molecular formula is C10H4F5N3. The van der Waals surface area contributed by atoms with Crippen molar-refractivity contribution in [1.82, 2.24) is 4.98 Å². The van der Waals surface area contributed by atoms with Gasteiger partial charge in [-0.15, -0.1) is 0 Å². The van der Waals surface area contributed by atoms with Crippen molar-refractivity contribution in [1.29, 1.82) is 10.5 Å². The van der Waals surface area contributed by atoms with Crippen molar-refractivity contribution in [3.8, 4) is 12.1 Å². The lowest BCUT2D eigenvalue weighted by Crippen LogP contribution is -2.15. The summed E-state index contributed by atoms with van der Waals surface area (Å²) < 4.78 is 63.0. The highest BCUT2D eigenvalue weighted by Crippen LogP contribution is 2.37. The molecule has 1 aromatic rings. The lowest BCUT2D eigenvalue weighted by molar-refractivity contribution is -0.143. The number of alkyl halides is 5. The van der Waals surface area contributed by atoms with E-state index in [0.717, 1.165) is 6.07 Å². The highest BCUT2D eigenvalue weighted by atomic mass is 19.4. The molecule has 94 valence electrons. The predicted molar refractivity (Wildman–Crippen MR) is 48.2 cm³/mol. The van der Waals surface area contributed by atoms with Gasteiger partial charge >= 0.3 is 6.18 Å². The number of hydrogen-bond donors (Lipinski definition) is 0. The van der Waals surface area contributed by atoms with Crippen molar-refractivity contribution in [2.75, 3.05) is 0 Å². The van der Waals surface area contributed by atoms with Crippen molar-refractivity contribution < 1.29 is 22.0 Å². The van der Waals surface area contributed by atoms with Crippen LogP contribution in [0, 0.1) is 22.7 Å². The van der Waals surface area contributed by atoms with Gasteiger partial charge in [0.05, 0.1) is 18.1 Å². The number of halogens is 5. The van der Waals surface area contributed by atoms with Crippen molar-refractivity contribution in [2.24, 2.45) is 0 Å². The normalized spacial score (nSPS) is 11.1. The fourth-order valence-corrected chi connectivity index (χ4v) is 1.36. The zero-order valence-electron chi connectivity index (χ0n) is 8.59. The number of rotatable bonds is 2. The van der Waals surface area contributed by atoms with E-state index in [9.17, 15) is 22.0 Å². The van der Waals surface area contributed by atoms with Crippen LogP contribution in [0.3, 0.4) is 0 Å². The highest BCUT2D eigenvalue weighted by molar-refractivity contribution is 5.40. The molecule has 3 nitrogen and oxygen atoms in total. The summed E-state index contributed by atoms with van der Waals surface area (Å²) in [6, 6.07) is 3.57. The average molecular weight is 261 g/mol. The molecule has 0 bridgehead atoms. The first-order chi connectivity index (χ1) is 8.31. The monoisotopic (exact) mass is 261 g/mol. The van der Waals surface area contributed by atoms with Gasteiger partial charge in [-0.25, -0.2) is 13.8 Å². The molecule has 1 heterocycles. The van der Waals surface area contributed by atoms with Crippen LogP contribution < -0.4 is 0 Å². The first-order valence-electron chi connectivity index (χ1n) is 4.47. The molecular weight excluding hydrogens is 257 g/mol. The third-order valence-corrected chi connectivity index (χ3v) is 2.02. The summed E-state index contributed by atoms with van der Waals surface area (Å²) >= 11 is 0. The SMILES string of the molecule is N#CCc1cc(C#N)nc(C(F)(F)F)c1C(F)F. The molecule has 0 aliphatic rings. The van der Waals surface area contributed by atoms with E-state index < -0.39 is 41.5 Å². The first-order valence-corrected chi connectivity index (χ1v) is 4.47.